The zero-order valence-electron chi connectivity index (χ0n) is 11.9. The van der Waals surface area contributed by atoms with Crippen molar-refractivity contribution in [3.8, 4) is 0 Å². The van der Waals surface area contributed by atoms with Crippen LogP contribution < -0.4 is 5.32 Å². The minimum atomic E-state index is -0.373. The predicted octanol–water partition coefficient (Wildman–Crippen LogP) is 4.02. The van der Waals surface area contributed by atoms with Crippen molar-refractivity contribution in [1.29, 1.82) is 0 Å². The quantitative estimate of drug-likeness (QED) is 0.775. The van der Waals surface area contributed by atoms with E-state index in [1.165, 1.54) is 12.1 Å². The molecule has 108 valence electrons. The van der Waals surface area contributed by atoms with Crippen molar-refractivity contribution < 1.29 is 8.78 Å². The number of hydrogen-bond donors (Lipinski definition) is 1. The Bertz CT molecular complexity index is 382. The fourth-order valence-electron chi connectivity index (χ4n) is 1.81. The molecule has 0 radical (unpaired) electrons. The van der Waals surface area contributed by atoms with Gasteiger partial charge in [0, 0.05) is 11.8 Å². The summed E-state index contributed by atoms with van der Waals surface area (Å²) in [6.07, 6.45) is 1.57. The second kappa shape index (κ2) is 8.54. The van der Waals surface area contributed by atoms with Gasteiger partial charge < -0.3 is 5.32 Å². The summed E-state index contributed by atoms with van der Waals surface area (Å²) >= 11 is 1.84. The molecule has 1 aromatic rings. The van der Waals surface area contributed by atoms with Gasteiger partial charge in [-0.15, -0.1) is 0 Å². The van der Waals surface area contributed by atoms with Crippen molar-refractivity contribution >= 4 is 11.8 Å². The zero-order chi connectivity index (χ0) is 14.3. The topological polar surface area (TPSA) is 12.0 Å². The van der Waals surface area contributed by atoms with Gasteiger partial charge in [-0.05, 0) is 48.4 Å². The summed E-state index contributed by atoms with van der Waals surface area (Å²) in [6.45, 7) is 7.29. The molecule has 0 aromatic heterocycles. The molecule has 0 aliphatic heterocycles. The normalized spacial score (nSPS) is 12.9. The average Bonchev–Trinajstić information content (AvgIpc) is 2.36. The zero-order valence-corrected chi connectivity index (χ0v) is 12.7. The Labute approximate surface area is 119 Å². The number of nitrogens with one attached hydrogen (secondary N) is 1. The molecule has 0 amide bonds. The molecule has 1 nitrogen and oxygen atoms in total. The van der Waals surface area contributed by atoms with E-state index in [0.717, 1.165) is 24.8 Å². The van der Waals surface area contributed by atoms with E-state index in [4.69, 9.17) is 0 Å². The fourth-order valence-corrected chi connectivity index (χ4v) is 2.67. The average molecular weight is 287 g/mol. The first-order valence-electron chi connectivity index (χ1n) is 6.81. The van der Waals surface area contributed by atoms with Crippen molar-refractivity contribution in [3.05, 3.63) is 35.4 Å². The lowest BCUT2D eigenvalue weighted by molar-refractivity contribution is 0.524. The maximum Gasteiger partial charge on any atom is 0.126 e. The van der Waals surface area contributed by atoms with Gasteiger partial charge in [0.25, 0.3) is 0 Å². The van der Waals surface area contributed by atoms with Gasteiger partial charge in [0.05, 0.1) is 0 Å². The van der Waals surface area contributed by atoms with E-state index in [2.05, 4.69) is 26.1 Å². The molecule has 0 fully saturated rings. The standard InChI is InChI=1S/C15H23F2NS/c1-4-7-18-14(10-19-11(2)3)9-12-8-13(16)5-6-15(12)17/h5-6,8,11,14,18H,4,7,9-10H2,1-3H3. The summed E-state index contributed by atoms with van der Waals surface area (Å²) in [7, 11) is 0. The van der Waals surface area contributed by atoms with Gasteiger partial charge in [0.15, 0.2) is 0 Å². The molecule has 19 heavy (non-hydrogen) atoms. The number of hydrogen-bond acceptors (Lipinski definition) is 2. The molecule has 1 aromatic carbocycles. The van der Waals surface area contributed by atoms with Crippen molar-refractivity contribution in [3.63, 3.8) is 0 Å². The molecule has 1 rings (SSSR count). The maximum absolute atomic E-state index is 13.6. The van der Waals surface area contributed by atoms with E-state index in [1.807, 2.05) is 11.8 Å². The van der Waals surface area contributed by atoms with E-state index in [1.54, 1.807) is 0 Å². The largest absolute Gasteiger partial charge is 0.313 e. The Kier molecular flexibility index (Phi) is 7.39. The maximum atomic E-state index is 13.6. The minimum absolute atomic E-state index is 0.184. The molecule has 0 saturated carbocycles. The van der Waals surface area contributed by atoms with Crippen molar-refractivity contribution in [2.24, 2.45) is 0 Å². The van der Waals surface area contributed by atoms with Gasteiger partial charge in [-0.25, -0.2) is 8.78 Å². The number of benzene rings is 1. The van der Waals surface area contributed by atoms with Gasteiger partial charge in [-0.3, -0.25) is 0 Å². The van der Waals surface area contributed by atoms with Crippen LogP contribution in [-0.2, 0) is 6.42 Å². The second-order valence-electron chi connectivity index (χ2n) is 4.97. The van der Waals surface area contributed by atoms with Crippen LogP contribution in [-0.4, -0.2) is 23.6 Å². The van der Waals surface area contributed by atoms with E-state index in [-0.39, 0.29) is 17.7 Å². The summed E-state index contributed by atoms with van der Waals surface area (Å²) in [6, 6.07) is 3.85. The van der Waals surface area contributed by atoms with Crippen LogP contribution in [0.15, 0.2) is 18.2 Å². The number of thioether (sulfide) groups is 1. The van der Waals surface area contributed by atoms with Crippen LogP contribution in [0.5, 0.6) is 0 Å². The van der Waals surface area contributed by atoms with Gasteiger partial charge in [-0.2, -0.15) is 11.8 Å². The molecular formula is C15H23F2NS. The Morgan fingerprint density at radius 3 is 2.63 bits per heavy atom. The molecule has 1 unspecified atom stereocenters. The highest BCUT2D eigenvalue weighted by Gasteiger charge is 2.13. The lowest BCUT2D eigenvalue weighted by Crippen LogP contribution is -2.34. The van der Waals surface area contributed by atoms with Crippen LogP contribution in [0.1, 0.15) is 32.8 Å². The summed E-state index contributed by atoms with van der Waals surface area (Å²) in [5, 5.41) is 3.95. The third-order valence-electron chi connectivity index (χ3n) is 2.79. The molecule has 1 atom stereocenters. The molecule has 1 N–H and O–H groups in total. The monoisotopic (exact) mass is 287 g/mol. The van der Waals surface area contributed by atoms with Gasteiger partial charge in [-0.1, -0.05) is 20.8 Å². The molecule has 0 aliphatic carbocycles. The molecule has 4 heteroatoms. The minimum Gasteiger partial charge on any atom is -0.313 e. The third-order valence-corrected chi connectivity index (χ3v) is 4.05. The summed E-state index contributed by atoms with van der Waals surface area (Å²) < 4.78 is 26.8. The number of rotatable bonds is 8. The highest BCUT2D eigenvalue weighted by molar-refractivity contribution is 7.99. The first-order valence-corrected chi connectivity index (χ1v) is 7.86. The molecule has 0 spiro atoms. The van der Waals surface area contributed by atoms with Crippen LogP contribution >= 0.6 is 11.8 Å². The smallest absolute Gasteiger partial charge is 0.126 e. The summed E-state index contributed by atoms with van der Waals surface area (Å²) in [5.41, 5.74) is 0.456. The van der Waals surface area contributed by atoms with Gasteiger partial charge >= 0.3 is 0 Å². The van der Waals surface area contributed by atoms with Gasteiger partial charge in [0.1, 0.15) is 11.6 Å². The van der Waals surface area contributed by atoms with Crippen molar-refractivity contribution in [1.82, 2.24) is 5.32 Å². The lowest BCUT2D eigenvalue weighted by Gasteiger charge is -2.19. The Morgan fingerprint density at radius 1 is 1.26 bits per heavy atom. The second-order valence-corrected chi connectivity index (χ2v) is 6.58. The Hall–Kier alpha value is -0.610. The van der Waals surface area contributed by atoms with Crippen LogP contribution in [0, 0.1) is 11.6 Å². The third kappa shape index (κ3) is 6.39. The van der Waals surface area contributed by atoms with Crippen molar-refractivity contribution in [2.75, 3.05) is 12.3 Å². The lowest BCUT2D eigenvalue weighted by atomic mass is 10.1. The van der Waals surface area contributed by atoms with Crippen LogP contribution in [0.3, 0.4) is 0 Å². The number of halogens is 2. The van der Waals surface area contributed by atoms with E-state index >= 15 is 0 Å². The Balaban J connectivity index is 2.66. The predicted molar refractivity (Wildman–Crippen MR) is 79.7 cm³/mol. The Morgan fingerprint density at radius 2 is 2.00 bits per heavy atom. The van der Waals surface area contributed by atoms with Crippen LogP contribution in [0.4, 0.5) is 8.78 Å². The van der Waals surface area contributed by atoms with Gasteiger partial charge in [0.2, 0.25) is 0 Å². The first kappa shape index (κ1) is 16.4. The highest BCUT2D eigenvalue weighted by Crippen LogP contribution is 2.16. The highest BCUT2D eigenvalue weighted by atomic mass is 32.2. The molecule has 0 heterocycles. The summed E-state index contributed by atoms with van der Waals surface area (Å²) in [5.74, 6) is 0.217. The van der Waals surface area contributed by atoms with Crippen molar-refractivity contribution in [2.45, 2.75) is 44.9 Å². The van der Waals surface area contributed by atoms with E-state index in [0.29, 0.717) is 17.2 Å². The molecular weight excluding hydrogens is 264 g/mol. The van der Waals surface area contributed by atoms with E-state index in [9.17, 15) is 8.78 Å². The molecule has 0 saturated heterocycles. The molecule has 0 aliphatic rings. The fraction of sp³-hybridized carbons (Fsp3) is 0.600. The van der Waals surface area contributed by atoms with Crippen LogP contribution in [0.2, 0.25) is 0 Å². The first-order chi connectivity index (χ1) is 9.02. The van der Waals surface area contributed by atoms with Crippen LogP contribution in [0.25, 0.3) is 0 Å². The van der Waals surface area contributed by atoms with E-state index < -0.39 is 0 Å². The SMILES string of the molecule is CCCNC(CSC(C)C)Cc1cc(F)ccc1F. The molecule has 0 bridgehead atoms. The summed E-state index contributed by atoms with van der Waals surface area (Å²) in [4.78, 5) is 0.